The van der Waals surface area contributed by atoms with E-state index < -0.39 is 0 Å². The number of hydrogen-bond donors (Lipinski definition) is 1. The number of halogens is 1. The molecule has 1 aromatic carbocycles. The highest BCUT2D eigenvalue weighted by atomic mass is 79.9. The second kappa shape index (κ2) is 4.49. The SMILES string of the molecule is Nc1nc2ccc(Br)cc2n1CCc1ccco1. The third-order valence-electron chi connectivity index (χ3n) is 2.90. The Labute approximate surface area is 113 Å². The summed E-state index contributed by atoms with van der Waals surface area (Å²) >= 11 is 3.47. The molecule has 0 atom stereocenters. The zero-order valence-corrected chi connectivity index (χ0v) is 11.2. The van der Waals surface area contributed by atoms with Gasteiger partial charge in [-0.15, -0.1) is 0 Å². The summed E-state index contributed by atoms with van der Waals surface area (Å²) in [5.41, 5.74) is 7.90. The maximum Gasteiger partial charge on any atom is 0.201 e. The number of fused-ring (bicyclic) bond motifs is 1. The minimum absolute atomic E-state index is 0.537. The van der Waals surface area contributed by atoms with Gasteiger partial charge in [0.15, 0.2) is 0 Å². The van der Waals surface area contributed by atoms with Crippen LogP contribution in [0.3, 0.4) is 0 Å². The zero-order chi connectivity index (χ0) is 12.5. The molecule has 18 heavy (non-hydrogen) atoms. The molecule has 0 unspecified atom stereocenters. The Kier molecular flexibility index (Phi) is 2.83. The zero-order valence-electron chi connectivity index (χ0n) is 9.64. The molecule has 0 aliphatic rings. The van der Waals surface area contributed by atoms with E-state index in [1.54, 1.807) is 6.26 Å². The van der Waals surface area contributed by atoms with Gasteiger partial charge in [-0.25, -0.2) is 4.98 Å². The van der Waals surface area contributed by atoms with Crippen LogP contribution in [-0.2, 0) is 13.0 Å². The topological polar surface area (TPSA) is 57.0 Å². The summed E-state index contributed by atoms with van der Waals surface area (Å²) in [5.74, 6) is 1.49. The van der Waals surface area contributed by atoms with Crippen LogP contribution >= 0.6 is 15.9 Å². The first-order chi connectivity index (χ1) is 8.74. The molecule has 0 saturated heterocycles. The molecule has 5 heteroatoms. The summed E-state index contributed by atoms with van der Waals surface area (Å²) in [6.45, 7) is 0.756. The quantitative estimate of drug-likeness (QED) is 0.808. The van der Waals surface area contributed by atoms with Gasteiger partial charge in [-0.2, -0.15) is 0 Å². The van der Waals surface area contributed by atoms with Gasteiger partial charge in [0.1, 0.15) is 5.76 Å². The summed E-state index contributed by atoms with van der Waals surface area (Å²) in [5, 5.41) is 0. The summed E-state index contributed by atoms with van der Waals surface area (Å²) in [7, 11) is 0. The second-order valence-corrected chi connectivity index (χ2v) is 5.00. The van der Waals surface area contributed by atoms with Gasteiger partial charge in [0.05, 0.1) is 17.3 Å². The highest BCUT2D eigenvalue weighted by Crippen LogP contribution is 2.22. The van der Waals surface area contributed by atoms with E-state index in [4.69, 9.17) is 10.2 Å². The number of rotatable bonds is 3. The fourth-order valence-corrected chi connectivity index (χ4v) is 2.38. The molecule has 92 valence electrons. The third-order valence-corrected chi connectivity index (χ3v) is 3.39. The average molecular weight is 306 g/mol. The van der Waals surface area contributed by atoms with Crippen molar-refractivity contribution in [2.45, 2.75) is 13.0 Å². The maximum absolute atomic E-state index is 5.95. The fraction of sp³-hybridized carbons (Fsp3) is 0.154. The van der Waals surface area contributed by atoms with E-state index in [1.807, 2.05) is 34.9 Å². The molecule has 2 N–H and O–H groups in total. The van der Waals surface area contributed by atoms with Gasteiger partial charge in [0, 0.05) is 17.4 Å². The first-order valence-corrected chi connectivity index (χ1v) is 6.47. The van der Waals surface area contributed by atoms with Gasteiger partial charge < -0.3 is 14.7 Å². The van der Waals surface area contributed by atoms with Crippen molar-refractivity contribution in [3.05, 3.63) is 46.8 Å². The Morgan fingerprint density at radius 3 is 3.00 bits per heavy atom. The van der Waals surface area contributed by atoms with Gasteiger partial charge in [0.25, 0.3) is 0 Å². The Hall–Kier alpha value is -1.75. The first kappa shape index (κ1) is 11.3. The Bertz CT molecular complexity index is 673. The largest absolute Gasteiger partial charge is 0.469 e. The molecule has 0 aliphatic heterocycles. The van der Waals surface area contributed by atoms with Crippen LogP contribution in [0.15, 0.2) is 45.5 Å². The number of aromatic nitrogens is 2. The van der Waals surface area contributed by atoms with Crippen LogP contribution in [0.1, 0.15) is 5.76 Å². The summed E-state index contributed by atoms with van der Waals surface area (Å²) in [6, 6.07) is 9.80. The lowest BCUT2D eigenvalue weighted by molar-refractivity contribution is 0.494. The molecule has 0 fully saturated rings. The molecule has 0 radical (unpaired) electrons. The van der Waals surface area contributed by atoms with Crippen LogP contribution in [0.5, 0.6) is 0 Å². The predicted molar refractivity (Wildman–Crippen MR) is 74.3 cm³/mol. The number of anilines is 1. The van der Waals surface area contributed by atoms with Crippen molar-refractivity contribution in [1.82, 2.24) is 9.55 Å². The fourth-order valence-electron chi connectivity index (χ4n) is 2.03. The lowest BCUT2D eigenvalue weighted by Gasteiger charge is -2.05. The van der Waals surface area contributed by atoms with Crippen LogP contribution < -0.4 is 5.73 Å². The molecule has 0 bridgehead atoms. The van der Waals surface area contributed by atoms with Crippen molar-refractivity contribution in [1.29, 1.82) is 0 Å². The molecule has 0 spiro atoms. The monoisotopic (exact) mass is 305 g/mol. The molecule has 2 aromatic heterocycles. The minimum atomic E-state index is 0.537. The highest BCUT2D eigenvalue weighted by Gasteiger charge is 2.08. The predicted octanol–water partition coefficient (Wildman–Crippen LogP) is 3.22. The van der Waals surface area contributed by atoms with Crippen LogP contribution in [0.2, 0.25) is 0 Å². The van der Waals surface area contributed by atoms with E-state index in [1.165, 1.54) is 0 Å². The van der Waals surface area contributed by atoms with Crippen LogP contribution in [-0.4, -0.2) is 9.55 Å². The number of aryl methyl sites for hydroxylation is 2. The van der Waals surface area contributed by atoms with Crippen molar-refractivity contribution in [2.75, 3.05) is 5.73 Å². The van der Waals surface area contributed by atoms with Gasteiger partial charge in [-0.1, -0.05) is 15.9 Å². The smallest absolute Gasteiger partial charge is 0.201 e. The van der Waals surface area contributed by atoms with Crippen molar-refractivity contribution in [3.8, 4) is 0 Å². The summed E-state index contributed by atoms with van der Waals surface area (Å²) < 4.78 is 8.35. The Morgan fingerprint density at radius 1 is 1.33 bits per heavy atom. The van der Waals surface area contributed by atoms with Crippen molar-refractivity contribution < 1.29 is 4.42 Å². The maximum atomic E-state index is 5.95. The molecule has 0 aliphatic carbocycles. The summed E-state index contributed by atoms with van der Waals surface area (Å²) in [4.78, 5) is 4.34. The second-order valence-electron chi connectivity index (χ2n) is 4.08. The van der Waals surface area contributed by atoms with Gasteiger partial charge in [0.2, 0.25) is 5.95 Å². The number of hydrogen-bond acceptors (Lipinski definition) is 3. The normalized spacial score (nSPS) is 11.2. The molecular formula is C13H12BrN3O. The molecule has 4 nitrogen and oxygen atoms in total. The van der Waals surface area contributed by atoms with Gasteiger partial charge >= 0.3 is 0 Å². The first-order valence-electron chi connectivity index (χ1n) is 5.68. The minimum Gasteiger partial charge on any atom is -0.469 e. The Balaban J connectivity index is 1.95. The highest BCUT2D eigenvalue weighted by molar-refractivity contribution is 9.10. The van der Waals surface area contributed by atoms with Crippen LogP contribution in [0, 0.1) is 0 Å². The number of imidazole rings is 1. The molecular weight excluding hydrogens is 294 g/mol. The standard InChI is InChI=1S/C13H12BrN3O/c14-9-3-4-11-12(8-9)17(13(15)16-11)6-5-10-2-1-7-18-10/h1-4,7-8H,5-6H2,(H2,15,16). The van der Waals surface area contributed by atoms with E-state index in [9.17, 15) is 0 Å². The van der Waals surface area contributed by atoms with Gasteiger partial charge in [-0.05, 0) is 30.3 Å². The lowest BCUT2D eigenvalue weighted by Crippen LogP contribution is -2.05. The molecule has 3 rings (SSSR count). The molecule has 2 heterocycles. The molecule has 0 saturated carbocycles. The van der Waals surface area contributed by atoms with Crippen LogP contribution in [0.25, 0.3) is 11.0 Å². The van der Waals surface area contributed by atoms with E-state index in [0.29, 0.717) is 5.95 Å². The number of nitrogens with two attached hydrogens (primary N) is 1. The third kappa shape index (κ3) is 2.01. The van der Waals surface area contributed by atoms with E-state index in [0.717, 1.165) is 34.2 Å². The number of benzene rings is 1. The average Bonchev–Trinajstić information content (AvgIpc) is 2.94. The number of furan rings is 1. The van der Waals surface area contributed by atoms with Crippen molar-refractivity contribution >= 4 is 32.9 Å². The van der Waals surface area contributed by atoms with Crippen LogP contribution in [0.4, 0.5) is 5.95 Å². The molecule has 0 amide bonds. The van der Waals surface area contributed by atoms with E-state index in [-0.39, 0.29) is 0 Å². The lowest BCUT2D eigenvalue weighted by atomic mass is 10.3. The van der Waals surface area contributed by atoms with Gasteiger partial charge in [-0.3, -0.25) is 0 Å². The Morgan fingerprint density at radius 2 is 2.22 bits per heavy atom. The van der Waals surface area contributed by atoms with E-state index in [2.05, 4.69) is 20.9 Å². The molecule has 3 aromatic rings. The van der Waals surface area contributed by atoms with E-state index >= 15 is 0 Å². The number of nitrogens with zero attached hydrogens (tertiary/aromatic N) is 2. The van der Waals surface area contributed by atoms with Crippen molar-refractivity contribution in [2.24, 2.45) is 0 Å². The van der Waals surface area contributed by atoms with Crippen molar-refractivity contribution in [3.63, 3.8) is 0 Å². The number of nitrogen functional groups attached to an aromatic ring is 1. The summed E-state index contributed by atoms with van der Waals surface area (Å²) in [6.07, 6.45) is 2.48.